The lowest BCUT2D eigenvalue weighted by Gasteiger charge is -2.22. The van der Waals surface area contributed by atoms with Crippen LogP contribution >= 0.6 is 0 Å². The van der Waals surface area contributed by atoms with Crippen LogP contribution in [0.4, 0.5) is 0 Å². The van der Waals surface area contributed by atoms with Crippen molar-refractivity contribution in [2.75, 3.05) is 0 Å². The second kappa shape index (κ2) is 4.85. The molecule has 0 saturated heterocycles. The standard InChI is InChI=1S/C20H16O/c21-20-18-8-4-3-6-15(18)11-12-19(20)17-10-9-14-5-1-2-7-16(14)13-17/h1-10H,11-13H2. The molecule has 0 spiro atoms. The quantitative estimate of drug-likeness (QED) is 0.650. The molecule has 0 radical (unpaired) electrons. The van der Waals surface area contributed by atoms with Crippen molar-refractivity contribution in [1.29, 1.82) is 0 Å². The molecule has 0 aliphatic heterocycles. The highest BCUT2D eigenvalue weighted by Crippen LogP contribution is 2.31. The fourth-order valence-corrected chi connectivity index (χ4v) is 3.32. The van der Waals surface area contributed by atoms with E-state index in [0.717, 1.165) is 30.4 Å². The number of hydrogen-bond donors (Lipinski definition) is 0. The molecule has 0 atom stereocenters. The SMILES string of the molecule is O=C1C(=C2C=Cc3ccccc3C2)CCc2ccccc21. The minimum atomic E-state index is 0.218. The highest BCUT2D eigenvalue weighted by atomic mass is 16.1. The zero-order valence-corrected chi connectivity index (χ0v) is 11.8. The number of Topliss-reactive ketones (excluding diaryl/α,β-unsaturated/α-hetero) is 1. The van der Waals surface area contributed by atoms with Crippen molar-refractivity contribution >= 4 is 11.9 Å². The number of benzene rings is 2. The summed E-state index contributed by atoms with van der Waals surface area (Å²) in [6.07, 6.45) is 6.96. The van der Waals surface area contributed by atoms with Crippen molar-refractivity contribution in [3.63, 3.8) is 0 Å². The Morgan fingerprint density at radius 3 is 2.43 bits per heavy atom. The molecule has 0 bridgehead atoms. The van der Waals surface area contributed by atoms with Gasteiger partial charge in [0.15, 0.2) is 5.78 Å². The van der Waals surface area contributed by atoms with E-state index in [4.69, 9.17) is 0 Å². The van der Waals surface area contributed by atoms with Gasteiger partial charge in [0.1, 0.15) is 0 Å². The molecule has 1 heteroatoms. The Kier molecular flexibility index (Phi) is 2.85. The van der Waals surface area contributed by atoms with Crippen LogP contribution in [0.3, 0.4) is 0 Å². The van der Waals surface area contributed by atoms with Gasteiger partial charge in [0.2, 0.25) is 0 Å². The second-order valence-electron chi connectivity index (χ2n) is 5.70. The van der Waals surface area contributed by atoms with Gasteiger partial charge in [-0.2, -0.15) is 0 Å². The summed E-state index contributed by atoms with van der Waals surface area (Å²) in [6.45, 7) is 0. The van der Waals surface area contributed by atoms with Crippen molar-refractivity contribution in [3.8, 4) is 0 Å². The van der Waals surface area contributed by atoms with E-state index < -0.39 is 0 Å². The third-order valence-corrected chi connectivity index (χ3v) is 4.47. The molecule has 102 valence electrons. The normalized spacial score (nSPS) is 20.1. The highest BCUT2D eigenvalue weighted by Gasteiger charge is 2.24. The van der Waals surface area contributed by atoms with Crippen LogP contribution in [0.25, 0.3) is 6.08 Å². The molecular weight excluding hydrogens is 256 g/mol. The number of ketones is 1. The van der Waals surface area contributed by atoms with Gasteiger partial charge in [0, 0.05) is 11.1 Å². The average molecular weight is 272 g/mol. The molecule has 0 saturated carbocycles. The van der Waals surface area contributed by atoms with Gasteiger partial charge in [0.05, 0.1) is 0 Å². The first-order chi connectivity index (χ1) is 10.3. The van der Waals surface area contributed by atoms with Crippen LogP contribution in [-0.2, 0) is 12.8 Å². The minimum Gasteiger partial charge on any atom is -0.289 e. The van der Waals surface area contributed by atoms with E-state index in [1.165, 1.54) is 22.3 Å². The lowest BCUT2D eigenvalue weighted by molar-refractivity contribution is 0.102. The largest absolute Gasteiger partial charge is 0.289 e. The van der Waals surface area contributed by atoms with Crippen molar-refractivity contribution in [2.45, 2.75) is 19.3 Å². The summed E-state index contributed by atoms with van der Waals surface area (Å²) in [5, 5.41) is 0. The van der Waals surface area contributed by atoms with Crippen molar-refractivity contribution in [3.05, 3.63) is 88.0 Å². The van der Waals surface area contributed by atoms with Gasteiger partial charge in [-0.25, -0.2) is 0 Å². The van der Waals surface area contributed by atoms with Crippen LogP contribution in [-0.4, -0.2) is 5.78 Å². The number of fused-ring (bicyclic) bond motifs is 2. The van der Waals surface area contributed by atoms with E-state index in [-0.39, 0.29) is 5.78 Å². The Bertz CT molecular complexity index is 793. The van der Waals surface area contributed by atoms with Gasteiger partial charge in [-0.3, -0.25) is 4.79 Å². The van der Waals surface area contributed by atoms with Gasteiger partial charge < -0.3 is 0 Å². The zero-order chi connectivity index (χ0) is 14.2. The number of aryl methyl sites for hydroxylation is 1. The summed E-state index contributed by atoms with van der Waals surface area (Å²) < 4.78 is 0. The summed E-state index contributed by atoms with van der Waals surface area (Å²) in [5.74, 6) is 0.218. The summed E-state index contributed by atoms with van der Waals surface area (Å²) in [6, 6.07) is 16.4. The smallest absolute Gasteiger partial charge is 0.189 e. The summed E-state index contributed by atoms with van der Waals surface area (Å²) in [7, 11) is 0. The lowest BCUT2D eigenvalue weighted by atomic mass is 9.81. The molecule has 0 unspecified atom stereocenters. The van der Waals surface area contributed by atoms with E-state index in [1.807, 2.05) is 18.2 Å². The third-order valence-electron chi connectivity index (χ3n) is 4.47. The first-order valence-electron chi connectivity index (χ1n) is 7.43. The van der Waals surface area contributed by atoms with E-state index in [1.54, 1.807) is 0 Å². The Hall–Kier alpha value is -2.41. The van der Waals surface area contributed by atoms with Crippen LogP contribution in [0.5, 0.6) is 0 Å². The van der Waals surface area contributed by atoms with Crippen molar-refractivity contribution < 1.29 is 4.79 Å². The Morgan fingerprint density at radius 1 is 0.762 bits per heavy atom. The molecule has 2 aromatic rings. The third kappa shape index (κ3) is 2.06. The molecule has 0 N–H and O–H groups in total. The molecule has 0 amide bonds. The summed E-state index contributed by atoms with van der Waals surface area (Å²) >= 11 is 0. The number of carbonyl (C=O) groups is 1. The Labute approximate surface area is 124 Å². The number of allylic oxidation sites excluding steroid dienone is 3. The number of rotatable bonds is 0. The van der Waals surface area contributed by atoms with E-state index in [2.05, 4.69) is 42.5 Å². The van der Waals surface area contributed by atoms with Gasteiger partial charge >= 0.3 is 0 Å². The van der Waals surface area contributed by atoms with Crippen LogP contribution in [0.15, 0.2) is 65.8 Å². The van der Waals surface area contributed by atoms with Crippen LogP contribution < -0.4 is 0 Å². The predicted molar refractivity (Wildman–Crippen MR) is 85.3 cm³/mol. The fourth-order valence-electron chi connectivity index (χ4n) is 3.32. The average Bonchev–Trinajstić information content (AvgIpc) is 2.55. The molecule has 0 heterocycles. The monoisotopic (exact) mass is 272 g/mol. The summed E-state index contributed by atoms with van der Waals surface area (Å²) in [4.78, 5) is 12.7. The predicted octanol–water partition coefficient (Wildman–Crippen LogP) is 4.38. The maximum atomic E-state index is 12.7. The second-order valence-corrected chi connectivity index (χ2v) is 5.70. The molecule has 0 aromatic heterocycles. The minimum absolute atomic E-state index is 0.218. The van der Waals surface area contributed by atoms with E-state index in [0.29, 0.717) is 0 Å². The zero-order valence-electron chi connectivity index (χ0n) is 11.8. The molecule has 2 aromatic carbocycles. The fraction of sp³-hybridized carbons (Fsp3) is 0.150. The molecule has 1 nitrogen and oxygen atoms in total. The van der Waals surface area contributed by atoms with Crippen LogP contribution in [0.2, 0.25) is 0 Å². The van der Waals surface area contributed by atoms with Gasteiger partial charge in [-0.15, -0.1) is 0 Å². The maximum Gasteiger partial charge on any atom is 0.189 e. The van der Waals surface area contributed by atoms with E-state index in [9.17, 15) is 4.79 Å². The first kappa shape index (κ1) is 12.3. The molecule has 2 aliphatic rings. The molecular formula is C20H16O. The molecule has 2 aliphatic carbocycles. The highest BCUT2D eigenvalue weighted by molar-refractivity contribution is 6.11. The first-order valence-corrected chi connectivity index (χ1v) is 7.43. The lowest BCUT2D eigenvalue weighted by Crippen LogP contribution is -2.17. The number of hydrogen-bond acceptors (Lipinski definition) is 1. The van der Waals surface area contributed by atoms with Gasteiger partial charge in [-0.05, 0) is 41.5 Å². The maximum absolute atomic E-state index is 12.7. The molecule has 0 fully saturated rings. The van der Waals surface area contributed by atoms with Gasteiger partial charge in [0.25, 0.3) is 0 Å². The van der Waals surface area contributed by atoms with Crippen molar-refractivity contribution in [2.24, 2.45) is 0 Å². The van der Waals surface area contributed by atoms with Crippen LogP contribution in [0.1, 0.15) is 33.5 Å². The van der Waals surface area contributed by atoms with Crippen LogP contribution in [0, 0.1) is 0 Å². The van der Waals surface area contributed by atoms with Crippen molar-refractivity contribution in [1.82, 2.24) is 0 Å². The number of carbonyl (C=O) groups excluding carboxylic acids is 1. The molecule has 21 heavy (non-hydrogen) atoms. The van der Waals surface area contributed by atoms with E-state index >= 15 is 0 Å². The Balaban J connectivity index is 1.77. The summed E-state index contributed by atoms with van der Waals surface area (Å²) in [5.41, 5.74) is 6.85. The topological polar surface area (TPSA) is 17.1 Å². The molecule has 4 rings (SSSR count). The Morgan fingerprint density at radius 2 is 1.52 bits per heavy atom. The van der Waals surface area contributed by atoms with Gasteiger partial charge in [-0.1, -0.05) is 60.7 Å².